The maximum absolute atomic E-state index is 11.3. The lowest BCUT2D eigenvalue weighted by Crippen LogP contribution is -2.04. The van der Waals surface area contributed by atoms with Crippen molar-refractivity contribution in [3.05, 3.63) is 52.0 Å². The molecule has 0 bridgehead atoms. The van der Waals surface area contributed by atoms with Crippen LogP contribution in [0.15, 0.2) is 40.9 Å². The van der Waals surface area contributed by atoms with E-state index in [-0.39, 0.29) is 5.56 Å². The molecule has 0 unspecified atom stereocenters. The zero-order valence-electron chi connectivity index (χ0n) is 11.1. The fraction of sp³-hybridized carbons (Fsp3) is 0.133. The highest BCUT2D eigenvalue weighted by atomic mass is 79.9. The van der Waals surface area contributed by atoms with Crippen LogP contribution in [0.25, 0.3) is 0 Å². The number of methoxy groups -OCH3 is 1. The molecule has 0 aromatic heterocycles. The minimum Gasteiger partial charge on any atom is -0.495 e. The summed E-state index contributed by atoms with van der Waals surface area (Å²) in [6.07, 6.45) is 0. The molecule has 2 aromatic carbocycles. The number of ether oxygens (including phenoxy) is 1. The van der Waals surface area contributed by atoms with E-state index in [2.05, 4.69) is 21.2 Å². The first-order chi connectivity index (χ1) is 9.51. The number of aryl methyl sites for hydroxylation is 1. The number of carboxylic acid groups (broad SMARTS) is 1. The predicted octanol–water partition coefficient (Wildman–Crippen LogP) is 4.21. The standard InChI is InChI=1S/C15H14BrNO3/c1-9-3-5-12(11(7-9)15(18)19)17-13-8-10(16)4-6-14(13)20-2/h3-8,17H,1-2H3,(H,18,19). The van der Waals surface area contributed by atoms with E-state index in [0.29, 0.717) is 17.1 Å². The minimum atomic E-state index is -0.967. The third-order valence-corrected chi connectivity index (χ3v) is 3.33. The van der Waals surface area contributed by atoms with Gasteiger partial charge in [0.05, 0.1) is 24.0 Å². The average molecular weight is 336 g/mol. The van der Waals surface area contributed by atoms with Gasteiger partial charge >= 0.3 is 5.97 Å². The Morgan fingerprint density at radius 3 is 2.60 bits per heavy atom. The van der Waals surface area contributed by atoms with Crippen LogP contribution >= 0.6 is 15.9 Å². The molecule has 0 aliphatic carbocycles. The summed E-state index contributed by atoms with van der Waals surface area (Å²) in [5.41, 5.74) is 2.36. The number of hydrogen-bond donors (Lipinski definition) is 2. The van der Waals surface area contributed by atoms with E-state index in [1.54, 1.807) is 25.3 Å². The number of nitrogens with one attached hydrogen (secondary N) is 1. The maximum Gasteiger partial charge on any atom is 0.337 e. The summed E-state index contributed by atoms with van der Waals surface area (Å²) in [7, 11) is 1.57. The van der Waals surface area contributed by atoms with Crippen molar-refractivity contribution < 1.29 is 14.6 Å². The SMILES string of the molecule is COc1ccc(Br)cc1Nc1ccc(C)cc1C(=O)O. The van der Waals surface area contributed by atoms with Crippen molar-refractivity contribution in [3.8, 4) is 5.75 Å². The van der Waals surface area contributed by atoms with E-state index in [0.717, 1.165) is 10.0 Å². The second kappa shape index (κ2) is 5.96. The number of aromatic carboxylic acids is 1. The van der Waals surface area contributed by atoms with Gasteiger partial charge in [0.1, 0.15) is 5.75 Å². The van der Waals surface area contributed by atoms with Gasteiger partial charge in [-0.25, -0.2) is 4.79 Å². The molecule has 0 spiro atoms. The minimum absolute atomic E-state index is 0.229. The van der Waals surface area contributed by atoms with Crippen LogP contribution in [0.5, 0.6) is 5.75 Å². The highest BCUT2D eigenvalue weighted by Gasteiger charge is 2.12. The molecule has 0 saturated carbocycles. The lowest BCUT2D eigenvalue weighted by molar-refractivity contribution is 0.0698. The first-order valence-corrected chi connectivity index (χ1v) is 6.75. The number of hydrogen-bond acceptors (Lipinski definition) is 3. The molecule has 2 rings (SSSR count). The molecule has 0 fully saturated rings. The monoisotopic (exact) mass is 335 g/mol. The fourth-order valence-corrected chi connectivity index (χ4v) is 2.23. The summed E-state index contributed by atoms with van der Waals surface area (Å²) in [5.74, 6) is -0.324. The molecule has 0 amide bonds. The van der Waals surface area contributed by atoms with Gasteiger partial charge in [-0.15, -0.1) is 0 Å². The molecule has 4 nitrogen and oxygen atoms in total. The number of carbonyl (C=O) groups is 1. The van der Waals surface area contributed by atoms with Crippen molar-refractivity contribution in [2.45, 2.75) is 6.92 Å². The second-order valence-corrected chi connectivity index (χ2v) is 5.24. The summed E-state index contributed by atoms with van der Waals surface area (Å²) in [4.78, 5) is 11.3. The number of benzene rings is 2. The average Bonchev–Trinajstić information content (AvgIpc) is 2.41. The van der Waals surface area contributed by atoms with Crippen LogP contribution in [0.4, 0.5) is 11.4 Å². The van der Waals surface area contributed by atoms with E-state index >= 15 is 0 Å². The van der Waals surface area contributed by atoms with E-state index < -0.39 is 5.97 Å². The van der Waals surface area contributed by atoms with E-state index in [1.165, 1.54) is 0 Å². The lowest BCUT2D eigenvalue weighted by Gasteiger charge is -2.14. The third kappa shape index (κ3) is 3.11. The zero-order valence-corrected chi connectivity index (χ0v) is 12.7. The molecule has 2 N–H and O–H groups in total. The van der Waals surface area contributed by atoms with Gasteiger partial charge < -0.3 is 15.2 Å². The Labute approximate surface area is 125 Å². The molecule has 0 saturated heterocycles. The summed E-state index contributed by atoms with van der Waals surface area (Å²) in [6.45, 7) is 1.86. The van der Waals surface area contributed by atoms with E-state index in [9.17, 15) is 9.90 Å². The Hall–Kier alpha value is -2.01. The van der Waals surface area contributed by atoms with Gasteiger partial charge in [0.15, 0.2) is 0 Å². The Kier molecular flexibility index (Phi) is 4.29. The highest BCUT2D eigenvalue weighted by Crippen LogP contribution is 2.32. The van der Waals surface area contributed by atoms with Gasteiger partial charge in [0, 0.05) is 4.47 Å². The summed E-state index contributed by atoms with van der Waals surface area (Å²) < 4.78 is 6.15. The molecule has 0 atom stereocenters. The molecule has 0 radical (unpaired) electrons. The number of carboxylic acids is 1. The Balaban J connectivity index is 2.44. The molecule has 2 aromatic rings. The molecule has 0 aliphatic rings. The molecule has 5 heteroatoms. The van der Waals surface area contributed by atoms with Crippen molar-refractivity contribution in [2.24, 2.45) is 0 Å². The number of rotatable bonds is 4. The first-order valence-electron chi connectivity index (χ1n) is 5.96. The maximum atomic E-state index is 11.3. The quantitative estimate of drug-likeness (QED) is 0.878. The summed E-state index contributed by atoms with van der Waals surface area (Å²) in [5, 5.41) is 12.4. The normalized spacial score (nSPS) is 10.2. The van der Waals surface area contributed by atoms with Gasteiger partial charge in [-0.2, -0.15) is 0 Å². The van der Waals surface area contributed by atoms with Crippen molar-refractivity contribution in [3.63, 3.8) is 0 Å². The van der Waals surface area contributed by atoms with Crippen LogP contribution in [-0.2, 0) is 0 Å². The Morgan fingerprint density at radius 2 is 1.95 bits per heavy atom. The second-order valence-electron chi connectivity index (χ2n) is 4.32. The van der Waals surface area contributed by atoms with Crippen molar-refractivity contribution >= 4 is 33.3 Å². The van der Waals surface area contributed by atoms with Gasteiger partial charge in [-0.05, 0) is 37.3 Å². The van der Waals surface area contributed by atoms with E-state index in [4.69, 9.17) is 4.74 Å². The van der Waals surface area contributed by atoms with E-state index in [1.807, 2.05) is 25.1 Å². The van der Waals surface area contributed by atoms with Crippen LogP contribution in [0.3, 0.4) is 0 Å². The van der Waals surface area contributed by atoms with Crippen LogP contribution in [0.2, 0.25) is 0 Å². The highest BCUT2D eigenvalue weighted by molar-refractivity contribution is 9.10. The van der Waals surface area contributed by atoms with Gasteiger partial charge in [-0.1, -0.05) is 27.6 Å². The number of halogens is 1. The van der Waals surface area contributed by atoms with Gasteiger partial charge in [-0.3, -0.25) is 0 Å². The zero-order chi connectivity index (χ0) is 14.7. The van der Waals surface area contributed by atoms with Gasteiger partial charge in [0.25, 0.3) is 0 Å². The molecule has 0 heterocycles. The largest absolute Gasteiger partial charge is 0.495 e. The fourth-order valence-electron chi connectivity index (χ4n) is 1.87. The van der Waals surface area contributed by atoms with Crippen molar-refractivity contribution in [1.82, 2.24) is 0 Å². The first kappa shape index (κ1) is 14.4. The van der Waals surface area contributed by atoms with Crippen LogP contribution in [0.1, 0.15) is 15.9 Å². The van der Waals surface area contributed by atoms with Crippen LogP contribution in [-0.4, -0.2) is 18.2 Å². The molecular formula is C15H14BrNO3. The number of anilines is 2. The Morgan fingerprint density at radius 1 is 1.20 bits per heavy atom. The Bertz CT molecular complexity index is 656. The molecule has 104 valence electrons. The third-order valence-electron chi connectivity index (χ3n) is 2.84. The molecular weight excluding hydrogens is 322 g/mol. The molecule has 20 heavy (non-hydrogen) atoms. The van der Waals surface area contributed by atoms with Crippen LogP contribution in [0, 0.1) is 6.92 Å². The van der Waals surface area contributed by atoms with Crippen LogP contribution < -0.4 is 10.1 Å². The van der Waals surface area contributed by atoms with Gasteiger partial charge in [0.2, 0.25) is 0 Å². The summed E-state index contributed by atoms with van der Waals surface area (Å²) in [6, 6.07) is 10.7. The molecule has 0 aliphatic heterocycles. The topological polar surface area (TPSA) is 58.6 Å². The lowest BCUT2D eigenvalue weighted by atomic mass is 10.1. The van der Waals surface area contributed by atoms with Crippen molar-refractivity contribution in [2.75, 3.05) is 12.4 Å². The predicted molar refractivity (Wildman–Crippen MR) is 82.1 cm³/mol. The smallest absolute Gasteiger partial charge is 0.337 e. The summed E-state index contributed by atoms with van der Waals surface area (Å²) >= 11 is 3.39. The van der Waals surface area contributed by atoms with Crippen molar-refractivity contribution in [1.29, 1.82) is 0 Å².